The predicted molar refractivity (Wildman–Crippen MR) is 82.2 cm³/mol. The molecule has 0 spiro atoms. The van der Waals surface area contributed by atoms with Gasteiger partial charge in [-0.1, -0.05) is 25.3 Å². The molecule has 1 aromatic rings. The molecule has 0 heterocycles. The summed E-state index contributed by atoms with van der Waals surface area (Å²) in [4.78, 5) is 24.2. The van der Waals surface area contributed by atoms with E-state index in [4.69, 9.17) is 4.74 Å². The Kier molecular flexibility index (Phi) is 5.16. The zero-order valence-electron chi connectivity index (χ0n) is 12.7. The van der Waals surface area contributed by atoms with E-state index < -0.39 is 11.4 Å². The lowest BCUT2D eigenvalue weighted by Crippen LogP contribution is -2.36. The Morgan fingerprint density at radius 2 is 2.05 bits per heavy atom. The van der Waals surface area contributed by atoms with Gasteiger partial charge in [0, 0.05) is 5.69 Å². The van der Waals surface area contributed by atoms with Gasteiger partial charge in [0.25, 0.3) is 0 Å². The first kappa shape index (κ1) is 16.0. The van der Waals surface area contributed by atoms with Crippen LogP contribution in [0, 0.1) is 16.7 Å². The van der Waals surface area contributed by atoms with Crippen LogP contribution in [0.1, 0.15) is 49.4 Å². The van der Waals surface area contributed by atoms with Gasteiger partial charge in [0.15, 0.2) is 0 Å². The molecule has 1 fully saturated rings. The van der Waals surface area contributed by atoms with Gasteiger partial charge in [0.05, 0.1) is 18.2 Å². The third-order valence-corrected chi connectivity index (χ3v) is 3.99. The van der Waals surface area contributed by atoms with Crippen molar-refractivity contribution in [1.29, 1.82) is 5.26 Å². The highest BCUT2D eigenvalue weighted by molar-refractivity contribution is 5.98. The van der Waals surface area contributed by atoms with Gasteiger partial charge in [-0.05, 0) is 38.0 Å². The van der Waals surface area contributed by atoms with Gasteiger partial charge in [0.2, 0.25) is 5.91 Å². The molecule has 5 heteroatoms. The van der Waals surface area contributed by atoms with Crippen LogP contribution in [0.25, 0.3) is 0 Å². The number of benzene rings is 1. The highest BCUT2D eigenvalue weighted by Crippen LogP contribution is 2.36. The molecule has 1 amide bonds. The van der Waals surface area contributed by atoms with Gasteiger partial charge in [-0.2, -0.15) is 5.26 Å². The molecule has 0 aliphatic heterocycles. The first-order chi connectivity index (χ1) is 10.6. The van der Waals surface area contributed by atoms with Crippen molar-refractivity contribution in [3.8, 4) is 6.07 Å². The Balaban J connectivity index is 2.13. The van der Waals surface area contributed by atoms with Crippen LogP contribution in [0.4, 0.5) is 5.69 Å². The number of amides is 1. The second-order valence-electron chi connectivity index (χ2n) is 5.51. The number of nitrogens with one attached hydrogen (secondary N) is 1. The summed E-state index contributed by atoms with van der Waals surface area (Å²) in [6.45, 7) is 2.04. The zero-order chi connectivity index (χ0) is 16.0. The lowest BCUT2D eigenvalue weighted by molar-refractivity contribution is -0.124. The van der Waals surface area contributed by atoms with Crippen LogP contribution < -0.4 is 5.32 Å². The fraction of sp³-hybridized carbons (Fsp3) is 0.471. The average molecular weight is 300 g/mol. The summed E-state index contributed by atoms with van der Waals surface area (Å²) in [6.07, 6.45) is 4.03. The number of carbonyl (C=O) groups excluding carboxylic acids is 2. The van der Waals surface area contributed by atoms with Crippen LogP contribution >= 0.6 is 0 Å². The molecule has 1 aliphatic carbocycles. The topological polar surface area (TPSA) is 79.2 Å². The SMILES string of the molecule is CCOC(=O)c1cccc(NC(=O)C2(C#N)CCCCC2)c1. The molecule has 0 bridgehead atoms. The molecule has 0 unspecified atom stereocenters. The van der Waals surface area contributed by atoms with E-state index in [0.717, 1.165) is 19.3 Å². The predicted octanol–water partition coefficient (Wildman–Crippen LogP) is 3.28. The molecule has 0 atom stereocenters. The van der Waals surface area contributed by atoms with Crippen LogP contribution in [0.5, 0.6) is 0 Å². The minimum Gasteiger partial charge on any atom is -0.462 e. The summed E-state index contributed by atoms with van der Waals surface area (Å²) in [7, 11) is 0. The number of ether oxygens (including phenoxy) is 1. The molecular formula is C17H20N2O3. The van der Waals surface area contributed by atoms with Crippen LogP contribution in [-0.2, 0) is 9.53 Å². The summed E-state index contributed by atoms with van der Waals surface area (Å²) < 4.78 is 4.94. The number of esters is 1. The van der Waals surface area contributed by atoms with Crippen molar-refractivity contribution in [3.05, 3.63) is 29.8 Å². The number of nitriles is 1. The number of hydrogen-bond acceptors (Lipinski definition) is 4. The molecule has 22 heavy (non-hydrogen) atoms. The maximum absolute atomic E-state index is 12.5. The Morgan fingerprint density at radius 1 is 1.32 bits per heavy atom. The number of nitrogens with zero attached hydrogens (tertiary/aromatic N) is 1. The maximum Gasteiger partial charge on any atom is 0.338 e. The molecule has 1 saturated carbocycles. The number of rotatable bonds is 4. The van der Waals surface area contributed by atoms with Crippen molar-refractivity contribution < 1.29 is 14.3 Å². The van der Waals surface area contributed by atoms with E-state index >= 15 is 0 Å². The molecule has 0 aromatic heterocycles. The van der Waals surface area contributed by atoms with Crippen molar-refractivity contribution in [2.75, 3.05) is 11.9 Å². The standard InChI is InChI=1S/C17H20N2O3/c1-2-22-15(20)13-7-6-8-14(11-13)19-16(21)17(12-18)9-4-3-5-10-17/h6-8,11H,2-5,9-10H2,1H3,(H,19,21). The number of anilines is 1. The van der Waals surface area contributed by atoms with E-state index in [1.165, 1.54) is 0 Å². The van der Waals surface area contributed by atoms with E-state index in [9.17, 15) is 14.9 Å². The maximum atomic E-state index is 12.5. The molecule has 116 valence electrons. The second kappa shape index (κ2) is 7.08. The second-order valence-corrected chi connectivity index (χ2v) is 5.51. The highest BCUT2D eigenvalue weighted by Gasteiger charge is 2.39. The van der Waals surface area contributed by atoms with Crippen LogP contribution in [0.15, 0.2) is 24.3 Å². The molecule has 0 saturated heterocycles. The normalized spacial score (nSPS) is 16.4. The average Bonchev–Trinajstić information content (AvgIpc) is 2.56. The summed E-state index contributed by atoms with van der Waals surface area (Å²) in [6, 6.07) is 8.78. The number of carbonyl (C=O) groups is 2. The molecule has 1 aromatic carbocycles. The van der Waals surface area contributed by atoms with Crippen LogP contribution in [0.2, 0.25) is 0 Å². The van der Waals surface area contributed by atoms with Crippen molar-refractivity contribution in [2.24, 2.45) is 5.41 Å². The Hall–Kier alpha value is -2.35. The van der Waals surface area contributed by atoms with E-state index in [0.29, 0.717) is 30.7 Å². The van der Waals surface area contributed by atoms with Gasteiger partial charge in [-0.3, -0.25) is 4.79 Å². The van der Waals surface area contributed by atoms with Crippen molar-refractivity contribution in [3.63, 3.8) is 0 Å². The molecule has 0 radical (unpaired) electrons. The third kappa shape index (κ3) is 3.45. The minimum atomic E-state index is -0.946. The Bertz CT molecular complexity index is 598. The minimum absolute atomic E-state index is 0.282. The summed E-state index contributed by atoms with van der Waals surface area (Å²) in [5.41, 5.74) is -0.0527. The van der Waals surface area contributed by atoms with Gasteiger partial charge < -0.3 is 10.1 Å². The summed E-state index contributed by atoms with van der Waals surface area (Å²) in [5, 5.41) is 12.2. The van der Waals surface area contributed by atoms with Crippen molar-refractivity contribution in [2.45, 2.75) is 39.0 Å². The van der Waals surface area contributed by atoms with Crippen molar-refractivity contribution >= 4 is 17.6 Å². The Morgan fingerprint density at radius 3 is 2.68 bits per heavy atom. The van der Waals surface area contributed by atoms with Crippen LogP contribution in [-0.4, -0.2) is 18.5 Å². The lowest BCUT2D eigenvalue weighted by Gasteiger charge is -2.29. The molecule has 1 aliphatic rings. The first-order valence-corrected chi connectivity index (χ1v) is 7.61. The smallest absolute Gasteiger partial charge is 0.338 e. The quantitative estimate of drug-likeness (QED) is 0.865. The Labute approximate surface area is 130 Å². The molecule has 1 N–H and O–H groups in total. The number of hydrogen-bond donors (Lipinski definition) is 1. The van der Waals surface area contributed by atoms with E-state index in [-0.39, 0.29) is 5.91 Å². The van der Waals surface area contributed by atoms with Gasteiger partial charge in [-0.25, -0.2) is 4.79 Å². The van der Waals surface area contributed by atoms with E-state index in [1.54, 1.807) is 31.2 Å². The zero-order valence-corrected chi connectivity index (χ0v) is 12.7. The van der Waals surface area contributed by atoms with E-state index in [2.05, 4.69) is 11.4 Å². The van der Waals surface area contributed by atoms with Gasteiger partial charge in [0.1, 0.15) is 5.41 Å². The summed E-state index contributed by atoms with van der Waals surface area (Å²) >= 11 is 0. The fourth-order valence-corrected chi connectivity index (χ4v) is 2.73. The fourth-order valence-electron chi connectivity index (χ4n) is 2.73. The van der Waals surface area contributed by atoms with Crippen molar-refractivity contribution in [1.82, 2.24) is 0 Å². The molecular weight excluding hydrogens is 280 g/mol. The van der Waals surface area contributed by atoms with Gasteiger partial charge in [-0.15, -0.1) is 0 Å². The third-order valence-electron chi connectivity index (χ3n) is 3.99. The van der Waals surface area contributed by atoms with Crippen LogP contribution in [0.3, 0.4) is 0 Å². The van der Waals surface area contributed by atoms with E-state index in [1.807, 2.05) is 0 Å². The first-order valence-electron chi connectivity index (χ1n) is 7.61. The van der Waals surface area contributed by atoms with Gasteiger partial charge >= 0.3 is 5.97 Å². The molecule has 2 rings (SSSR count). The largest absolute Gasteiger partial charge is 0.462 e. The monoisotopic (exact) mass is 300 g/mol. The lowest BCUT2D eigenvalue weighted by atomic mass is 9.74. The molecule has 5 nitrogen and oxygen atoms in total. The summed E-state index contributed by atoms with van der Waals surface area (Å²) in [5.74, 6) is -0.707. The highest BCUT2D eigenvalue weighted by atomic mass is 16.5.